The van der Waals surface area contributed by atoms with Crippen LogP contribution in [-0.4, -0.2) is 31.3 Å². The van der Waals surface area contributed by atoms with Gasteiger partial charge in [0.15, 0.2) is 0 Å². The van der Waals surface area contributed by atoms with Crippen LogP contribution in [0.15, 0.2) is 46.9 Å². The summed E-state index contributed by atoms with van der Waals surface area (Å²) < 4.78 is 1.02. The molecular weight excluding hydrogens is 376 g/mol. The second kappa shape index (κ2) is 7.67. The van der Waals surface area contributed by atoms with Gasteiger partial charge in [-0.15, -0.1) is 0 Å². The smallest absolute Gasteiger partial charge is 0.127 e. The highest BCUT2D eigenvalue weighted by Gasteiger charge is 2.23. The van der Waals surface area contributed by atoms with E-state index in [1.54, 1.807) is 15.9 Å². The first-order valence-corrected chi connectivity index (χ1v) is 9.16. The minimum absolute atomic E-state index is 0.400. The lowest BCUT2D eigenvalue weighted by molar-refractivity contribution is -1.02. The number of rotatable bonds is 4. The SMILES string of the molecule is Oc1ccc(Br)cc1C[NH+]1CC[NH+](Cc2ccc(Cl)cc2)CC1. The lowest BCUT2D eigenvalue weighted by Gasteiger charge is -2.30. The van der Waals surface area contributed by atoms with Crippen LogP contribution in [0.3, 0.4) is 0 Å². The van der Waals surface area contributed by atoms with E-state index in [0.29, 0.717) is 5.75 Å². The van der Waals surface area contributed by atoms with Crippen molar-refractivity contribution in [3.63, 3.8) is 0 Å². The minimum Gasteiger partial charge on any atom is -0.507 e. The largest absolute Gasteiger partial charge is 0.507 e. The molecule has 122 valence electrons. The lowest BCUT2D eigenvalue weighted by atomic mass is 10.1. The highest BCUT2D eigenvalue weighted by atomic mass is 79.9. The normalized spacial score (nSPS) is 21.3. The number of nitrogens with one attached hydrogen (secondary N) is 2. The molecule has 0 radical (unpaired) electrons. The molecule has 1 saturated heterocycles. The van der Waals surface area contributed by atoms with Gasteiger partial charge in [0.1, 0.15) is 45.0 Å². The molecular formula is C18H22BrClN2O+2. The number of hydrogen-bond donors (Lipinski definition) is 3. The molecule has 5 heteroatoms. The Morgan fingerprint density at radius 3 is 2.17 bits per heavy atom. The molecule has 3 N–H and O–H groups in total. The van der Waals surface area contributed by atoms with Crippen molar-refractivity contribution < 1.29 is 14.9 Å². The Hall–Kier alpha value is -1.07. The summed E-state index contributed by atoms with van der Waals surface area (Å²) in [4.78, 5) is 3.16. The van der Waals surface area contributed by atoms with Gasteiger partial charge < -0.3 is 14.9 Å². The quantitative estimate of drug-likeness (QED) is 0.713. The molecule has 0 spiro atoms. The summed E-state index contributed by atoms with van der Waals surface area (Å²) in [5, 5.41) is 10.8. The van der Waals surface area contributed by atoms with Gasteiger partial charge in [-0.2, -0.15) is 0 Å². The predicted octanol–water partition coefficient (Wildman–Crippen LogP) is 1.29. The highest BCUT2D eigenvalue weighted by Crippen LogP contribution is 2.20. The van der Waals surface area contributed by atoms with E-state index in [0.717, 1.165) is 54.3 Å². The fraction of sp³-hybridized carbons (Fsp3) is 0.333. The average molecular weight is 398 g/mol. The summed E-state index contributed by atoms with van der Waals surface area (Å²) in [6.45, 7) is 6.54. The molecule has 0 unspecified atom stereocenters. The molecule has 1 fully saturated rings. The van der Waals surface area contributed by atoms with Gasteiger partial charge in [-0.3, -0.25) is 0 Å². The monoisotopic (exact) mass is 396 g/mol. The molecule has 0 aromatic heterocycles. The lowest BCUT2D eigenvalue weighted by Crippen LogP contribution is -3.27. The topological polar surface area (TPSA) is 29.1 Å². The Labute approximate surface area is 150 Å². The van der Waals surface area contributed by atoms with E-state index in [2.05, 4.69) is 28.1 Å². The van der Waals surface area contributed by atoms with Crippen molar-refractivity contribution in [1.29, 1.82) is 0 Å². The summed E-state index contributed by atoms with van der Waals surface area (Å²) in [5.74, 6) is 0.400. The molecule has 0 amide bonds. The Bertz CT molecular complexity index is 655. The number of phenols is 1. The summed E-state index contributed by atoms with van der Waals surface area (Å²) in [6.07, 6.45) is 0. The zero-order chi connectivity index (χ0) is 16.2. The molecule has 1 heterocycles. The Kier molecular flexibility index (Phi) is 5.59. The van der Waals surface area contributed by atoms with E-state index in [9.17, 15) is 5.11 Å². The zero-order valence-electron chi connectivity index (χ0n) is 13.0. The van der Waals surface area contributed by atoms with Crippen molar-refractivity contribution in [2.24, 2.45) is 0 Å². The average Bonchev–Trinajstić information content (AvgIpc) is 2.55. The first kappa shape index (κ1) is 16.8. The molecule has 1 aliphatic rings. The first-order valence-electron chi connectivity index (χ1n) is 7.99. The van der Waals surface area contributed by atoms with Crippen LogP contribution in [-0.2, 0) is 13.1 Å². The molecule has 0 atom stereocenters. The van der Waals surface area contributed by atoms with Crippen molar-refractivity contribution >= 4 is 27.5 Å². The Morgan fingerprint density at radius 1 is 0.913 bits per heavy atom. The molecule has 0 aliphatic carbocycles. The van der Waals surface area contributed by atoms with Gasteiger partial charge in [-0.25, -0.2) is 0 Å². The van der Waals surface area contributed by atoms with Gasteiger partial charge in [0.25, 0.3) is 0 Å². The Morgan fingerprint density at radius 2 is 1.52 bits per heavy atom. The van der Waals surface area contributed by atoms with Crippen LogP contribution >= 0.6 is 27.5 Å². The van der Waals surface area contributed by atoms with Crippen molar-refractivity contribution in [2.45, 2.75) is 13.1 Å². The van der Waals surface area contributed by atoms with Crippen LogP contribution in [0.25, 0.3) is 0 Å². The second-order valence-corrected chi connectivity index (χ2v) is 7.61. The third-order valence-electron chi connectivity index (χ3n) is 4.51. The fourth-order valence-corrected chi connectivity index (χ4v) is 3.70. The van der Waals surface area contributed by atoms with Gasteiger partial charge in [0.2, 0.25) is 0 Å². The Balaban J connectivity index is 1.52. The second-order valence-electron chi connectivity index (χ2n) is 6.25. The van der Waals surface area contributed by atoms with Crippen molar-refractivity contribution in [3.8, 4) is 5.75 Å². The molecule has 3 rings (SSSR count). The maximum Gasteiger partial charge on any atom is 0.127 e. The van der Waals surface area contributed by atoms with E-state index in [1.807, 2.05) is 24.3 Å². The van der Waals surface area contributed by atoms with Crippen LogP contribution in [0.5, 0.6) is 5.75 Å². The van der Waals surface area contributed by atoms with Crippen LogP contribution in [0.4, 0.5) is 0 Å². The van der Waals surface area contributed by atoms with E-state index in [-0.39, 0.29) is 0 Å². The summed E-state index contributed by atoms with van der Waals surface area (Å²) in [6, 6.07) is 13.8. The zero-order valence-corrected chi connectivity index (χ0v) is 15.3. The van der Waals surface area contributed by atoms with E-state index in [4.69, 9.17) is 11.6 Å². The third kappa shape index (κ3) is 4.70. The van der Waals surface area contributed by atoms with Crippen LogP contribution in [0.2, 0.25) is 5.02 Å². The predicted molar refractivity (Wildman–Crippen MR) is 96.1 cm³/mol. The van der Waals surface area contributed by atoms with Crippen LogP contribution < -0.4 is 9.80 Å². The van der Waals surface area contributed by atoms with Gasteiger partial charge in [0, 0.05) is 20.6 Å². The van der Waals surface area contributed by atoms with Gasteiger partial charge in [-0.05, 0) is 30.3 Å². The molecule has 2 aromatic carbocycles. The third-order valence-corrected chi connectivity index (χ3v) is 5.26. The van der Waals surface area contributed by atoms with Crippen LogP contribution in [0.1, 0.15) is 11.1 Å². The minimum atomic E-state index is 0.400. The van der Waals surface area contributed by atoms with Gasteiger partial charge in [-0.1, -0.05) is 39.7 Å². The summed E-state index contributed by atoms with van der Waals surface area (Å²) >= 11 is 9.42. The van der Waals surface area contributed by atoms with E-state index in [1.165, 1.54) is 5.56 Å². The number of benzene rings is 2. The maximum atomic E-state index is 9.98. The number of piperazine rings is 1. The molecule has 3 nitrogen and oxygen atoms in total. The number of quaternary nitrogens is 2. The van der Waals surface area contributed by atoms with Crippen molar-refractivity contribution in [1.82, 2.24) is 0 Å². The van der Waals surface area contributed by atoms with Crippen molar-refractivity contribution in [2.75, 3.05) is 26.2 Å². The number of phenolic OH excluding ortho intramolecular Hbond substituents is 1. The maximum absolute atomic E-state index is 9.98. The van der Waals surface area contributed by atoms with Crippen LogP contribution in [0, 0.1) is 0 Å². The van der Waals surface area contributed by atoms with E-state index >= 15 is 0 Å². The highest BCUT2D eigenvalue weighted by molar-refractivity contribution is 9.10. The molecule has 0 bridgehead atoms. The molecule has 23 heavy (non-hydrogen) atoms. The number of halogens is 2. The van der Waals surface area contributed by atoms with Gasteiger partial charge >= 0.3 is 0 Å². The first-order chi connectivity index (χ1) is 11.1. The van der Waals surface area contributed by atoms with Crippen molar-refractivity contribution in [3.05, 3.63) is 63.1 Å². The standard InChI is InChI=1S/C18H20BrClN2O/c19-16-3-6-18(23)15(11-16)13-22-9-7-21(8-10-22)12-14-1-4-17(20)5-2-14/h1-6,11,23H,7-10,12-13H2/p+2. The summed E-state index contributed by atoms with van der Waals surface area (Å²) in [7, 11) is 0. The molecule has 1 aliphatic heterocycles. The molecule has 2 aromatic rings. The fourth-order valence-electron chi connectivity index (χ4n) is 3.17. The number of aromatic hydroxyl groups is 1. The van der Waals surface area contributed by atoms with E-state index < -0.39 is 0 Å². The van der Waals surface area contributed by atoms with Gasteiger partial charge in [0.05, 0.1) is 0 Å². The molecule has 0 saturated carbocycles. The number of hydrogen-bond acceptors (Lipinski definition) is 1. The summed E-state index contributed by atoms with van der Waals surface area (Å²) in [5.41, 5.74) is 2.37.